The maximum absolute atomic E-state index is 13.2. The first kappa shape index (κ1) is 29.8. The van der Waals surface area contributed by atoms with Crippen molar-refractivity contribution < 1.29 is 38.8 Å². The van der Waals surface area contributed by atoms with Crippen LogP contribution in [0.15, 0.2) is 27.0 Å². The van der Waals surface area contributed by atoms with Gasteiger partial charge in [-0.25, -0.2) is 19.1 Å². The fraction of sp³-hybridized carbons (Fsp3) is 0.381. The van der Waals surface area contributed by atoms with E-state index in [0.717, 1.165) is 16.2 Å². The zero-order valence-corrected chi connectivity index (χ0v) is 24.2. The molecule has 218 valence electrons. The van der Waals surface area contributed by atoms with Crippen molar-refractivity contribution in [3.05, 3.63) is 22.3 Å². The third-order valence-corrected chi connectivity index (χ3v) is 8.97. The second-order valence-corrected chi connectivity index (χ2v) is 12.0. The first-order valence-electron chi connectivity index (χ1n) is 11.5. The molecule has 2 aromatic heterocycles. The van der Waals surface area contributed by atoms with Gasteiger partial charge in [-0.05, 0) is 19.4 Å². The van der Waals surface area contributed by atoms with Crippen LogP contribution in [0.25, 0.3) is 0 Å². The molecule has 1 unspecified atom stereocenters. The molecule has 1 saturated heterocycles. The number of anilines is 3. The van der Waals surface area contributed by atoms with Gasteiger partial charge >= 0.3 is 23.8 Å². The molecule has 1 fully saturated rings. The first-order valence-corrected chi connectivity index (χ1v) is 14.5. The van der Waals surface area contributed by atoms with Crippen LogP contribution in [0.3, 0.4) is 0 Å². The number of rotatable bonds is 10. The molecule has 17 nitrogen and oxygen atoms in total. The Morgan fingerprint density at radius 1 is 1.27 bits per heavy atom. The molecule has 20 heteroatoms. The molecule has 0 radical (unpaired) electrons. The third-order valence-electron chi connectivity index (χ3n) is 5.84. The Kier molecular flexibility index (Phi) is 8.27. The molecule has 0 aliphatic carbocycles. The van der Waals surface area contributed by atoms with Gasteiger partial charge in [-0.15, -0.1) is 23.1 Å². The first-order chi connectivity index (χ1) is 19.2. The van der Waals surface area contributed by atoms with Gasteiger partial charge in [0.15, 0.2) is 10.8 Å². The Balaban J connectivity index is 1.53. The number of carbonyl (C=O) groups is 4. The summed E-state index contributed by atoms with van der Waals surface area (Å²) in [7, 11) is 1.63. The maximum Gasteiger partial charge on any atom is 0.352 e. The van der Waals surface area contributed by atoms with E-state index in [1.54, 1.807) is 7.05 Å². The van der Waals surface area contributed by atoms with Crippen LogP contribution < -0.4 is 27.1 Å². The number of oxime groups is 1. The number of hydrogen-bond acceptors (Lipinski definition) is 15. The number of hydrogen-bond donors (Lipinski definition) is 6. The number of carboxylic acids is 2. The second kappa shape index (κ2) is 11.4. The average Bonchev–Trinajstić information content (AvgIpc) is 3.33. The molecular weight excluding hydrogens is 600 g/mol. The molecule has 2 amide bonds. The molecular formula is C21H25N10O7S3+. The summed E-state index contributed by atoms with van der Waals surface area (Å²) < 4.78 is 1.50. The number of nitrogens with zero attached hydrogens (tertiary/aromatic N) is 6. The van der Waals surface area contributed by atoms with Gasteiger partial charge in [-0.3, -0.25) is 14.5 Å². The number of aliphatic carboxylic acids is 2. The van der Waals surface area contributed by atoms with Crippen LogP contribution in [0.5, 0.6) is 0 Å². The summed E-state index contributed by atoms with van der Waals surface area (Å²) in [5, 5.41) is 26.7. The highest BCUT2D eigenvalue weighted by Crippen LogP contribution is 2.41. The summed E-state index contributed by atoms with van der Waals surface area (Å²) in [5.41, 5.74) is 15.3. The Morgan fingerprint density at radius 3 is 2.59 bits per heavy atom. The molecule has 0 bridgehead atoms. The van der Waals surface area contributed by atoms with Crippen LogP contribution >= 0.6 is 34.9 Å². The Morgan fingerprint density at radius 2 is 1.98 bits per heavy atom. The normalized spacial score (nSPS) is 19.0. The van der Waals surface area contributed by atoms with E-state index in [4.69, 9.17) is 22.0 Å². The molecule has 2 aromatic rings. The van der Waals surface area contributed by atoms with Crippen molar-refractivity contribution in [3.63, 3.8) is 0 Å². The number of fused-ring (bicyclic) bond motifs is 1. The number of carboxylic acid groups (broad SMARTS) is 2. The van der Waals surface area contributed by atoms with Crippen LogP contribution in [0.2, 0.25) is 0 Å². The number of nitrogens with one attached hydrogen (secondary N) is 1. The van der Waals surface area contributed by atoms with Gasteiger partial charge in [0.25, 0.3) is 17.0 Å². The fourth-order valence-electron chi connectivity index (χ4n) is 3.57. The Bertz CT molecular complexity index is 1510. The van der Waals surface area contributed by atoms with Gasteiger partial charge in [0, 0.05) is 16.9 Å². The SMILES string of the molecule is C[n+]1c(N)nc(N)nc1SCC1=C(C(=O)O)N2C(=O)C(NC(=O)C(=NOC(C)(C)C(=O)O)c3csc(N)n3)[C@@H]2SC1. The number of carbonyl (C=O) groups excluding carboxylic acids is 2. The van der Waals surface area contributed by atoms with Crippen molar-refractivity contribution in [1.29, 1.82) is 0 Å². The van der Waals surface area contributed by atoms with E-state index >= 15 is 0 Å². The van der Waals surface area contributed by atoms with Crippen LogP contribution in [0.1, 0.15) is 19.5 Å². The third kappa shape index (κ3) is 5.98. The molecule has 0 saturated carbocycles. The lowest BCUT2D eigenvalue weighted by Crippen LogP contribution is -2.71. The number of thiazole rings is 1. The lowest BCUT2D eigenvalue weighted by Gasteiger charge is -2.49. The second-order valence-electron chi connectivity index (χ2n) is 9.11. The molecule has 2 aliphatic rings. The molecule has 2 atom stereocenters. The maximum atomic E-state index is 13.2. The van der Waals surface area contributed by atoms with Crippen molar-refractivity contribution in [2.75, 3.05) is 28.7 Å². The van der Waals surface area contributed by atoms with Crippen LogP contribution in [0.4, 0.5) is 17.0 Å². The molecule has 0 spiro atoms. The van der Waals surface area contributed by atoms with E-state index in [2.05, 4.69) is 25.4 Å². The molecule has 41 heavy (non-hydrogen) atoms. The van der Waals surface area contributed by atoms with Crippen molar-refractivity contribution >= 4 is 81.4 Å². The Labute approximate surface area is 244 Å². The highest BCUT2D eigenvalue weighted by molar-refractivity contribution is 8.01. The Hall–Kier alpha value is -4.17. The highest BCUT2D eigenvalue weighted by atomic mass is 32.2. The smallest absolute Gasteiger partial charge is 0.352 e. The van der Waals surface area contributed by atoms with Gasteiger partial charge in [-0.2, -0.15) is 0 Å². The number of amides is 2. The molecule has 4 rings (SSSR count). The topological polar surface area (TPSA) is 266 Å². The van der Waals surface area contributed by atoms with E-state index in [1.165, 1.54) is 47.3 Å². The molecule has 0 aromatic carbocycles. The van der Waals surface area contributed by atoms with Crippen LogP contribution in [-0.2, 0) is 31.1 Å². The predicted octanol–water partition coefficient (Wildman–Crippen LogP) is -1.38. The summed E-state index contributed by atoms with van der Waals surface area (Å²) in [6, 6.07) is -1.09. The van der Waals surface area contributed by atoms with Crippen molar-refractivity contribution in [2.45, 2.75) is 36.0 Å². The van der Waals surface area contributed by atoms with Crippen molar-refractivity contribution in [2.24, 2.45) is 12.2 Å². The van der Waals surface area contributed by atoms with Gasteiger partial charge in [0.2, 0.25) is 5.60 Å². The average molecular weight is 626 g/mol. The standard InChI is InChI=1S/C21H24N10O7S3/c1-21(2,16(36)37)38-29-9(8-6-40-19(24)25-8)12(32)26-10-13(33)31-11(15(34)35)7(4-39-14(10)31)5-41-20-28-17(22)27-18(23)30(20)3/h6,10,14H,4-5H2,1-3H3,(H8,22,23,24,25,26,27,32,34,35,36,37)/p+1/t10?,14-/m0/s1. The zero-order valence-electron chi connectivity index (χ0n) is 21.7. The van der Waals surface area contributed by atoms with Gasteiger partial charge in [0.05, 0.1) is 7.05 Å². The van der Waals surface area contributed by atoms with E-state index < -0.39 is 46.5 Å². The van der Waals surface area contributed by atoms with Crippen molar-refractivity contribution in [1.82, 2.24) is 25.2 Å². The molecule has 9 N–H and O–H groups in total. The van der Waals surface area contributed by atoms with Gasteiger partial charge in [-0.1, -0.05) is 26.9 Å². The van der Waals surface area contributed by atoms with E-state index in [0.29, 0.717) is 10.7 Å². The van der Waals surface area contributed by atoms with E-state index in [-0.39, 0.29) is 39.9 Å². The summed E-state index contributed by atoms with van der Waals surface area (Å²) in [6.45, 7) is 2.47. The minimum atomic E-state index is -1.77. The largest absolute Gasteiger partial charge is 0.478 e. The monoisotopic (exact) mass is 625 g/mol. The summed E-state index contributed by atoms with van der Waals surface area (Å²) in [4.78, 5) is 68.1. The molecule has 2 aliphatic heterocycles. The summed E-state index contributed by atoms with van der Waals surface area (Å²) >= 11 is 3.45. The molecule has 4 heterocycles. The number of aromatic nitrogens is 4. The van der Waals surface area contributed by atoms with Crippen LogP contribution in [-0.4, -0.2) is 88.1 Å². The zero-order chi connectivity index (χ0) is 30.2. The number of nitrogens with two attached hydrogens (primary N) is 3. The fourth-order valence-corrected chi connectivity index (χ4v) is 6.58. The highest BCUT2D eigenvalue weighted by Gasteiger charge is 2.54. The van der Waals surface area contributed by atoms with Crippen molar-refractivity contribution in [3.8, 4) is 0 Å². The summed E-state index contributed by atoms with van der Waals surface area (Å²) in [5.74, 6) is -3.67. The quantitative estimate of drug-likeness (QED) is 0.0584. The summed E-state index contributed by atoms with van der Waals surface area (Å²) in [6.07, 6.45) is 0. The lowest BCUT2D eigenvalue weighted by molar-refractivity contribution is -0.701. The predicted molar refractivity (Wildman–Crippen MR) is 148 cm³/mol. The van der Waals surface area contributed by atoms with E-state index in [1.807, 2.05) is 0 Å². The minimum absolute atomic E-state index is 0.00991. The number of thioether (sulfide) groups is 2. The minimum Gasteiger partial charge on any atom is -0.478 e. The lowest BCUT2D eigenvalue weighted by atomic mass is 10.0. The number of β-lactam (4-membered cyclic amide) rings is 1. The van der Waals surface area contributed by atoms with Gasteiger partial charge in [0.1, 0.15) is 22.8 Å². The van der Waals surface area contributed by atoms with Gasteiger partial charge < -0.3 is 37.6 Å². The number of nitrogen functional groups attached to an aromatic ring is 3. The van der Waals surface area contributed by atoms with Crippen LogP contribution in [0, 0.1) is 0 Å². The van der Waals surface area contributed by atoms with E-state index in [9.17, 15) is 29.4 Å².